The summed E-state index contributed by atoms with van der Waals surface area (Å²) in [5, 5.41) is 3.44. The summed E-state index contributed by atoms with van der Waals surface area (Å²) in [6, 6.07) is 17.9. The number of piperidine rings is 1. The molecule has 5 rings (SSSR count). The molecule has 0 radical (unpaired) electrons. The molecule has 204 valence electrons. The highest BCUT2D eigenvalue weighted by Crippen LogP contribution is 2.42. The summed E-state index contributed by atoms with van der Waals surface area (Å²) < 4.78 is 37.6. The minimum atomic E-state index is -1.26. The molecule has 2 heterocycles. The monoisotopic (exact) mass is 565 g/mol. The van der Waals surface area contributed by atoms with Crippen LogP contribution in [-0.4, -0.2) is 47.9 Å². The third-order valence-corrected chi connectivity index (χ3v) is 9.46. The van der Waals surface area contributed by atoms with E-state index < -0.39 is 11.0 Å². The molecule has 1 aliphatic rings. The number of nitrogens with one attached hydrogen (secondary N) is 1. The fraction of sp³-hybridized carbons (Fsp3) is 0.300. The topological polar surface area (TPSA) is 65.8 Å². The van der Waals surface area contributed by atoms with Gasteiger partial charge in [0.25, 0.3) is 5.91 Å². The predicted octanol–water partition coefficient (Wildman–Crippen LogP) is 6.52. The summed E-state index contributed by atoms with van der Waals surface area (Å²) >= 11 is 1.59. The third-order valence-electron chi connectivity index (χ3n) is 7.26. The number of anilines is 1. The van der Waals surface area contributed by atoms with Gasteiger partial charge in [-0.2, -0.15) is 0 Å². The summed E-state index contributed by atoms with van der Waals surface area (Å²) in [7, 11) is 2.34. The Balaban J connectivity index is 1.61. The number of hydrogen-bond donors (Lipinski definition) is 1. The second kappa shape index (κ2) is 11.5. The van der Waals surface area contributed by atoms with Gasteiger partial charge >= 0.3 is 0 Å². The van der Waals surface area contributed by atoms with Gasteiger partial charge in [-0.3, -0.25) is 4.79 Å². The zero-order chi connectivity index (χ0) is 27.7. The van der Waals surface area contributed by atoms with Gasteiger partial charge in [-0.15, -0.1) is 0 Å². The highest BCUT2D eigenvalue weighted by atomic mass is 32.2. The van der Waals surface area contributed by atoms with Crippen LogP contribution in [0.1, 0.15) is 40.2 Å². The van der Waals surface area contributed by atoms with Gasteiger partial charge in [-0.05, 0) is 79.3 Å². The summed E-state index contributed by atoms with van der Waals surface area (Å²) in [6.07, 6.45) is 3.87. The molecule has 1 amide bonds. The second-order valence-corrected chi connectivity index (χ2v) is 12.2. The van der Waals surface area contributed by atoms with Crippen molar-refractivity contribution in [1.29, 1.82) is 0 Å². The highest BCUT2D eigenvalue weighted by Gasteiger charge is 2.30. The number of nitrogens with zero attached hydrogens (tertiary/aromatic N) is 2. The number of halogens is 1. The maximum Gasteiger partial charge on any atom is 0.255 e. The first-order valence-electron chi connectivity index (χ1n) is 12.9. The number of benzene rings is 3. The number of rotatable bonds is 7. The Morgan fingerprint density at radius 2 is 1.95 bits per heavy atom. The van der Waals surface area contributed by atoms with Crippen LogP contribution >= 0.6 is 11.9 Å². The van der Waals surface area contributed by atoms with Crippen LogP contribution in [0.5, 0.6) is 0 Å². The van der Waals surface area contributed by atoms with Crippen LogP contribution in [0.15, 0.2) is 70.0 Å². The second-order valence-electron chi connectivity index (χ2n) is 9.77. The molecule has 0 bridgehead atoms. The minimum absolute atomic E-state index is 0.114. The van der Waals surface area contributed by atoms with Gasteiger partial charge in [0.15, 0.2) is 0 Å². The van der Waals surface area contributed by atoms with Gasteiger partial charge in [0.05, 0.1) is 16.1 Å². The van der Waals surface area contributed by atoms with Crippen molar-refractivity contribution in [2.75, 3.05) is 37.7 Å². The molecule has 1 fully saturated rings. The lowest BCUT2D eigenvalue weighted by Gasteiger charge is -2.34. The molecule has 4 aromatic rings. The molecule has 0 saturated carbocycles. The maximum absolute atomic E-state index is 13.6. The Hall–Kier alpha value is -3.14. The van der Waals surface area contributed by atoms with Gasteiger partial charge in [0.1, 0.15) is 28.1 Å². The van der Waals surface area contributed by atoms with E-state index >= 15 is 0 Å². The van der Waals surface area contributed by atoms with E-state index in [1.165, 1.54) is 12.1 Å². The van der Waals surface area contributed by atoms with Crippen molar-refractivity contribution in [3.63, 3.8) is 0 Å². The Bertz CT molecular complexity index is 1540. The first kappa shape index (κ1) is 27.4. The van der Waals surface area contributed by atoms with Crippen LogP contribution in [-0.2, 0) is 11.0 Å². The number of carbonyl (C=O) groups excluding carboxylic acids is 1. The summed E-state index contributed by atoms with van der Waals surface area (Å²) in [6.45, 7) is 3.41. The van der Waals surface area contributed by atoms with Crippen LogP contribution in [0.25, 0.3) is 22.3 Å². The molecule has 1 aromatic heterocycles. The maximum atomic E-state index is 13.6. The number of hydrogen-bond acceptors (Lipinski definition) is 5. The fourth-order valence-corrected chi connectivity index (χ4v) is 6.97. The van der Waals surface area contributed by atoms with Crippen molar-refractivity contribution < 1.29 is 17.8 Å². The van der Waals surface area contributed by atoms with Crippen molar-refractivity contribution in [3.8, 4) is 11.3 Å². The van der Waals surface area contributed by atoms with Crippen LogP contribution in [0.4, 0.5) is 10.1 Å². The Morgan fingerprint density at radius 3 is 2.64 bits per heavy atom. The Labute approximate surface area is 235 Å². The lowest BCUT2D eigenvalue weighted by molar-refractivity contribution is 0.0964. The highest BCUT2D eigenvalue weighted by molar-refractivity contribution is 7.99. The predicted molar refractivity (Wildman–Crippen MR) is 158 cm³/mol. The molecule has 6 nitrogen and oxygen atoms in total. The Kier molecular flexibility index (Phi) is 8.11. The van der Waals surface area contributed by atoms with E-state index in [9.17, 15) is 13.4 Å². The summed E-state index contributed by atoms with van der Waals surface area (Å²) in [5.74, 6) is -0.100. The average molecular weight is 566 g/mol. The van der Waals surface area contributed by atoms with Crippen LogP contribution in [0.3, 0.4) is 0 Å². The largest absolute Gasteiger partial charge is 0.455 e. The minimum Gasteiger partial charge on any atom is -0.455 e. The van der Waals surface area contributed by atoms with E-state index in [0.717, 1.165) is 41.1 Å². The SMILES string of the molecule is CNC(=O)c1c(-c2ccc(F)cc2)oc2cc(N(C)SC)c([C@@H]3CCCN(S(=O)c4cccc(C)c4)C3)cc12. The van der Waals surface area contributed by atoms with E-state index in [1.54, 1.807) is 31.1 Å². The first-order valence-corrected chi connectivity index (χ1v) is 15.2. The molecule has 39 heavy (non-hydrogen) atoms. The number of carbonyl (C=O) groups is 1. The molecule has 2 atom stereocenters. The van der Waals surface area contributed by atoms with Gasteiger partial charge in [0, 0.05) is 50.5 Å². The molecule has 9 heteroatoms. The Morgan fingerprint density at radius 1 is 1.18 bits per heavy atom. The molecular formula is C30H32FN3O3S2. The van der Waals surface area contributed by atoms with E-state index in [-0.39, 0.29) is 17.6 Å². The van der Waals surface area contributed by atoms with Crippen molar-refractivity contribution in [2.45, 2.75) is 30.6 Å². The van der Waals surface area contributed by atoms with E-state index in [4.69, 9.17) is 4.42 Å². The average Bonchev–Trinajstić information content (AvgIpc) is 3.34. The molecule has 0 spiro atoms. The van der Waals surface area contributed by atoms with Gasteiger partial charge < -0.3 is 14.0 Å². The summed E-state index contributed by atoms with van der Waals surface area (Å²) in [5.41, 5.74) is 4.80. The van der Waals surface area contributed by atoms with Crippen LogP contribution < -0.4 is 9.62 Å². The molecule has 1 aliphatic heterocycles. The quantitative estimate of drug-likeness (QED) is 0.258. The number of fused-ring (bicyclic) bond motifs is 1. The lowest BCUT2D eigenvalue weighted by Crippen LogP contribution is -2.36. The van der Waals surface area contributed by atoms with Crippen molar-refractivity contribution in [1.82, 2.24) is 9.62 Å². The smallest absolute Gasteiger partial charge is 0.255 e. The van der Waals surface area contributed by atoms with E-state index in [1.807, 2.05) is 50.6 Å². The molecule has 1 unspecified atom stereocenters. The molecule has 1 N–H and O–H groups in total. The van der Waals surface area contributed by atoms with Crippen LogP contribution in [0.2, 0.25) is 0 Å². The zero-order valence-corrected chi connectivity index (χ0v) is 24.1. The fourth-order valence-electron chi connectivity index (χ4n) is 5.22. The molecule has 3 aromatic carbocycles. The van der Waals surface area contributed by atoms with Gasteiger partial charge in [-0.1, -0.05) is 24.1 Å². The molecule has 1 saturated heterocycles. The lowest BCUT2D eigenvalue weighted by atomic mass is 9.89. The number of amides is 1. The zero-order valence-electron chi connectivity index (χ0n) is 22.5. The van der Waals surface area contributed by atoms with Gasteiger partial charge in [0.2, 0.25) is 0 Å². The van der Waals surface area contributed by atoms with Crippen molar-refractivity contribution >= 4 is 45.5 Å². The van der Waals surface area contributed by atoms with Crippen molar-refractivity contribution in [3.05, 3.63) is 83.2 Å². The van der Waals surface area contributed by atoms with E-state index in [2.05, 4.69) is 20.0 Å². The van der Waals surface area contributed by atoms with Gasteiger partial charge in [-0.25, -0.2) is 12.9 Å². The number of aryl methyl sites for hydroxylation is 1. The third kappa shape index (κ3) is 5.48. The van der Waals surface area contributed by atoms with Crippen molar-refractivity contribution in [2.24, 2.45) is 0 Å². The molecule has 0 aliphatic carbocycles. The van der Waals surface area contributed by atoms with E-state index in [0.29, 0.717) is 34.4 Å². The van der Waals surface area contributed by atoms with Crippen LogP contribution in [0, 0.1) is 12.7 Å². The first-order chi connectivity index (χ1) is 18.8. The molecular weight excluding hydrogens is 533 g/mol. The standard InChI is InChI=1S/C30H32FN3O3S2/c1-19-7-5-9-23(15-19)39(36)34-14-6-8-21(18-34)24-16-25-27(17-26(24)33(3)38-4)37-29(28(25)30(35)32-2)20-10-12-22(31)13-11-20/h5,7,9-13,15-17,21H,6,8,14,18H2,1-4H3,(H,32,35)/t21-,39?/m1/s1. The summed E-state index contributed by atoms with van der Waals surface area (Å²) in [4.78, 5) is 13.9. The normalized spacial score (nSPS) is 16.8. The number of furan rings is 1.